The Balaban J connectivity index is 1.48. The molecule has 28 heavy (non-hydrogen) atoms. The van der Waals surface area contributed by atoms with Gasteiger partial charge in [0.05, 0.1) is 12.2 Å². The van der Waals surface area contributed by atoms with E-state index < -0.39 is 5.92 Å². The van der Waals surface area contributed by atoms with Crippen molar-refractivity contribution in [1.82, 2.24) is 15.1 Å². The van der Waals surface area contributed by atoms with Gasteiger partial charge >= 0.3 is 6.01 Å². The van der Waals surface area contributed by atoms with E-state index in [0.29, 0.717) is 44.5 Å². The Hall–Kier alpha value is -3.16. The molecule has 1 saturated heterocycles. The van der Waals surface area contributed by atoms with E-state index in [1.165, 1.54) is 12.1 Å². The summed E-state index contributed by atoms with van der Waals surface area (Å²) in [5.74, 6) is 0.496. The second-order valence-corrected chi connectivity index (χ2v) is 6.80. The SMILES string of the molecule is Cc1nnc(N2CCN(C(=O)C(Cc3ccco3)c3ccc(F)cc3)CC2)o1. The zero-order valence-corrected chi connectivity index (χ0v) is 15.5. The van der Waals surface area contributed by atoms with Gasteiger partial charge in [-0.1, -0.05) is 17.2 Å². The lowest BCUT2D eigenvalue weighted by molar-refractivity contribution is -0.133. The Morgan fingerprint density at radius 3 is 2.50 bits per heavy atom. The first kappa shape index (κ1) is 18.2. The minimum atomic E-state index is -0.427. The number of carbonyl (C=O) groups excluding carboxylic acids is 1. The summed E-state index contributed by atoms with van der Waals surface area (Å²) in [7, 11) is 0. The molecule has 0 radical (unpaired) electrons. The lowest BCUT2D eigenvalue weighted by Gasteiger charge is -2.35. The van der Waals surface area contributed by atoms with E-state index in [0.717, 1.165) is 11.3 Å². The molecule has 146 valence electrons. The van der Waals surface area contributed by atoms with Crippen LogP contribution >= 0.6 is 0 Å². The van der Waals surface area contributed by atoms with E-state index in [1.54, 1.807) is 31.4 Å². The lowest BCUT2D eigenvalue weighted by Crippen LogP contribution is -2.50. The maximum atomic E-state index is 13.3. The molecule has 1 aromatic carbocycles. The summed E-state index contributed by atoms with van der Waals surface area (Å²) in [6.07, 6.45) is 2.02. The molecule has 0 spiro atoms. The number of benzene rings is 1. The van der Waals surface area contributed by atoms with Crippen LogP contribution in [0.3, 0.4) is 0 Å². The molecule has 3 heterocycles. The quantitative estimate of drug-likeness (QED) is 0.673. The number of furan rings is 1. The summed E-state index contributed by atoms with van der Waals surface area (Å²) in [4.78, 5) is 17.1. The van der Waals surface area contributed by atoms with Crippen LogP contribution in [0.1, 0.15) is 23.1 Å². The van der Waals surface area contributed by atoms with Crippen LogP contribution in [0, 0.1) is 12.7 Å². The van der Waals surface area contributed by atoms with Gasteiger partial charge in [0.25, 0.3) is 0 Å². The van der Waals surface area contributed by atoms with Crippen LogP contribution in [0.5, 0.6) is 0 Å². The number of hydrogen-bond acceptors (Lipinski definition) is 6. The van der Waals surface area contributed by atoms with Crippen molar-refractivity contribution in [3.8, 4) is 0 Å². The third-order valence-corrected chi connectivity index (χ3v) is 4.93. The van der Waals surface area contributed by atoms with Gasteiger partial charge in [0.1, 0.15) is 11.6 Å². The number of piperazine rings is 1. The van der Waals surface area contributed by atoms with Gasteiger partial charge in [0, 0.05) is 39.5 Å². The number of rotatable bonds is 5. The molecule has 1 amide bonds. The summed E-state index contributed by atoms with van der Waals surface area (Å²) in [5.41, 5.74) is 0.776. The van der Waals surface area contributed by atoms with Gasteiger partial charge in [0.15, 0.2) is 0 Å². The summed E-state index contributed by atoms with van der Waals surface area (Å²) in [6.45, 7) is 4.08. The zero-order valence-electron chi connectivity index (χ0n) is 15.5. The molecular weight excluding hydrogens is 363 g/mol. The van der Waals surface area contributed by atoms with Crippen molar-refractivity contribution >= 4 is 11.9 Å². The number of anilines is 1. The molecule has 0 N–H and O–H groups in total. The van der Waals surface area contributed by atoms with Gasteiger partial charge in [-0.15, -0.1) is 5.10 Å². The van der Waals surface area contributed by atoms with Crippen molar-refractivity contribution in [3.63, 3.8) is 0 Å². The Morgan fingerprint density at radius 2 is 1.89 bits per heavy atom. The molecule has 2 aromatic heterocycles. The van der Waals surface area contributed by atoms with Crippen LogP contribution in [0.2, 0.25) is 0 Å². The van der Waals surface area contributed by atoms with Gasteiger partial charge in [-0.2, -0.15) is 0 Å². The van der Waals surface area contributed by atoms with E-state index >= 15 is 0 Å². The Morgan fingerprint density at radius 1 is 1.14 bits per heavy atom. The van der Waals surface area contributed by atoms with E-state index in [4.69, 9.17) is 8.83 Å². The molecule has 1 aliphatic rings. The number of carbonyl (C=O) groups is 1. The molecule has 4 rings (SSSR count). The van der Waals surface area contributed by atoms with Crippen LogP contribution < -0.4 is 4.90 Å². The van der Waals surface area contributed by atoms with Crippen molar-refractivity contribution in [1.29, 1.82) is 0 Å². The van der Waals surface area contributed by atoms with Crippen molar-refractivity contribution in [2.24, 2.45) is 0 Å². The molecule has 8 heteroatoms. The summed E-state index contributed by atoms with van der Waals surface area (Å²) < 4.78 is 24.3. The zero-order chi connectivity index (χ0) is 19.5. The monoisotopic (exact) mass is 384 g/mol. The fraction of sp³-hybridized carbons (Fsp3) is 0.350. The molecule has 0 saturated carbocycles. The van der Waals surface area contributed by atoms with Crippen LogP contribution in [0.4, 0.5) is 10.4 Å². The van der Waals surface area contributed by atoms with E-state index in [-0.39, 0.29) is 11.7 Å². The predicted molar refractivity (Wildman–Crippen MR) is 99.4 cm³/mol. The first-order valence-corrected chi connectivity index (χ1v) is 9.22. The van der Waals surface area contributed by atoms with Crippen LogP contribution in [-0.4, -0.2) is 47.2 Å². The van der Waals surface area contributed by atoms with Crippen LogP contribution in [-0.2, 0) is 11.2 Å². The van der Waals surface area contributed by atoms with Crippen molar-refractivity contribution in [2.45, 2.75) is 19.3 Å². The molecule has 1 unspecified atom stereocenters. The molecule has 3 aromatic rings. The van der Waals surface area contributed by atoms with E-state index in [9.17, 15) is 9.18 Å². The number of aryl methyl sites for hydroxylation is 1. The highest BCUT2D eigenvalue weighted by molar-refractivity contribution is 5.84. The van der Waals surface area contributed by atoms with Crippen LogP contribution in [0.15, 0.2) is 51.5 Å². The van der Waals surface area contributed by atoms with Crippen molar-refractivity contribution < 1.29 is 18.0 Å². The maximum absolute atomic E-state index is 13.3. The number of hydrogen-bond donors (Lipinski definition) is 0. The fourth-order valence-corrected chi connectivity index (χ4v) is 3.43. The minimum Gasteiger partial charge on any atom is -0.469 e. The van der Waals surface area contributed by atoms with E-state index in [1.807, 2.05) is 15.9 Å². The van der Waals surface area contributed by atoms with Crippen LogP contribution in [0.25, 0.3) is 0 Å². The molecule has 0 bridgehead atoms. The second-order valence-electron chi connectivity index (χ2n) is 6.80. The second kappa shape index (κ2) is 7.84. The normalized spacial score (nSPS) is 15.6. The minimum absolute atomic E-state index is 0.00404. The average molecular weight is 384 g/mol. The fourth-order valence-electron chi connectivity index (χ4n) is 3.43. The highest BCUT2D eigenvalue weighted by atomic mass is 19.1. The number of nitrogens with zero attached hydrogens (tertiary/aromatic N) is 4. The van der Waals surface area contributed by atoms with Crippen molar-refractivity contribution in [3.05, 3.63) is 65.7 Å². The Bertz CT molecular complexity index is 915. The molecule has 1 aliphatic heterocycles. The lowest BCUT2D eigenvalue weighted by atomic mass is 9.92. The van der Waals surface area contributed by atoms with Gasteiger partial charge in [0.2, 0.25) is 11.8 Å². The largest absolute Gasteiger partial charge is 0.469 e. The van der Waals surface area contributed by atoms with Gasteiger partial charge < -0.3 is 18.6 Å². The first-order chi connectivity index (χ1) is 13.6. The molecule has 0 aliphatic carbocycles. The van der Waals surface area contributed by atoms with Gasteiger partial charge in [-0.05, 0) is 29.8 Å². The van der Waals surface area contributed by atoms with Gasteiger partial charge in [-0.25, -0.2) is 4.39 Å². The number of halogens is 1. The number of aromatic nitrogens is 2. The standard InChI is InChI=1S/C20H21FN4O3/c1-14-22-23-20(28-14)25-10-8-24(9-11-25)19(26)18(13-17-3-2-12-27-17)15-4-6-16(21)7-5-15/h2-7,12,18H,8-11,13H2,1H3. The predicted octanol–water partition coefficient (Wildman–Crippen LogP) is 2.79. The molecule has 7 nitrogen and oxygen atoms in total. The highest BCUT2D eigenvalue weighted by Gasteiger charge is 2.30. The molecule has 1 atom stereocenters. The topological polar surface area (TPSA) is 75.6 Å². The summed E-state index contributed by atoms with van der Waals surface area (Å²) in [6, 6.07) is 10.2. The van der Waals surface area contributed by atoms with Crippen molar-refractivity contribution in [2.75, 3.05) is 31.1 Å². The number of amides is 1. The van der Waals surface area contributed by atoms with E-state index in [2.05, 4.69) is 10.2 Å². The highest BCUT2D eigenvalue weighted by Crippen LogP contribution is 2.25. The molecule has 1 fully saturated rings. The molecular formula is C20H21FN4O3. The summed E-state index contributed by atoms with van der Waals surface area (Å²) >= 11 is 0. The maximum Gasteiger partial charge on any atom is 0.318 e. The third kappa shape index (κ3) is 3.90. The third-order valence-electron chi connectivity index (χ3n) is 4.93. The smallest absolute Gasteiger partial charge is 0.318 e. The first-order valence-electron chi connectivity index (χ1n) is 9.22. The Labute approximate surface area is 161 Å². The Kier molecular flexibility index (Phi) is 5.10. The average Bonchev–Trinajstić information content (AvgIpc) is 3.38. The van der Waals surface area contributed by atoms with Gasteiger partial charge in [-0.3, -0.25) is 4.79 Å². The summed E-state index contributed by atoms with van der Waals surface area (Å²) in [5, 5.41) is 7.89.